The number of hydrogen-bond acceptors (Lipinski definition) is 5. The van der Waals surface area contributed by atoms with E-state index in [4.69, 9.17) is 4.74 Å². The fraction of sp³-hybridized carbons (Fsp3) is 0.100. The van der Waals surface area contributed by atoms with Gasteiger partial charge in [-0.1, -0.05) is 58.4 Å². The van der Waals surface area contributed by atoms with E-state index < -0.39 is 17.7 Å². The summed E-state index contributed by atoms with van der Waals surface area (Å²) < 4.78 is 6.75. The van der Waals surface area contributed by atoms with Gasteiger partial charge in [0.1, 0.15) is 18.1 Å². The Hall–Kier alpha value is -4.23. The van der Waals surface area contributed by atoms with Crippen LogP contribution in [0.3, 0.4) is 0 Å². The molecule has 0 radical (unpaired) electrons. The van der Waals surface area contributed by atoms with Crippen LogP contribution in [-0.4, -0.2) is 21.8 Å². The minimum Gasteiger partial charge on any atom is -0.507 e. The first kappa shape index (κ1) is 24.5. The van der Waals surface area contributed by atoms with Crippen molar-refractivity contribution in [1.29, 1.82) is 0 Å². The number of halogens is 1. The van der Waals surface area contributed by atoms with Crippen LogP contribution in [0.25, 0.3) is 5.76 Å². The Morgan fingerprint density at radius 2 is 1.76 bits per heavy atom. The number of aliphatic hydroxyl groups excluding tert-OH is 1. The number of aryl methyl sites for hydroxylation is 1. The number of ether oxygens (including phenoxy) is 1. The van der Waals surface area contributed by atoms with E-state index in [1.807, 2.05) is 37.3 Å². The van der Waals surface area contributed by atoms with Crippen molar-refractivity contribution in [3.05, 3.63) is 130 Å². The van der Waals surface area contributed by atoms with Crippen LogP contribution in [0.2, 0.25) is 0 Å². The van der Waals surface area contributed by atoms with Crippen LogP contribution in [0.15, 0.2) is 107 Å². The van der Waals surface area contributed by atoms with E-state index in [0.717, 1.165) is 15.6 Å². The molecule has 1 atom stereocenters. The molecule has 0 spiro atoms. The first-order valence-corrected chi connectivity index (χ1v) is 12.5. The third kappa shape index (κ3) is 4.90. The maximum absolute atomic E-state index is 13.3. The zero-order valence-corrected chi connectivity index (χ0v) is 21.6. The minimum atomic E-state index is -0.839. The summed E-state index contributed by atoms with van der Waals surface area (Å²) in [5, 5.41) is 11.3. The maximum Gasteiger partial charge on any atom is 0.300 e. The molecule has 1 unspecified atom stereocenters. The molecule has 0 bridgehead atoms. The Morgan fingerprint density at radius 3 is 2.43 bits per heavy atom. The molecule has 6 nitrogen and oxygen atoms in total. The van der Waals surface area contributed by atoms with Gasteiger partial charge in [0, 0.05) is 28.1 Å². The molecule has 37 heavy (non-hydrogen) atoms. The van der Waals surface area contributed by atoms with Crippen molar-refractivity contribution in [2.45, 2.75) is 19.6 Å². The molecule has 1 fully saturated rings. The van der Waals surface area contributed by atoms with Crippen molar-refractivity contribution in [2.24, 2.45) is 0 Å². The van der Waals surface area contributed by atoms with Gasteiger partial charge in [0.15, 0.2) is 0 Å². The van der Waals surface area contributed by atoms with E-state index in [-0.39, 0.29) is 11.3 Å². The number of aromatic nitrogens is 1. The molecule has 7 heteroatoms. The van der Waals surface area contributed by atoms with Crippen LogP contribution in [0, 0.1) is 6.92 Å². The molecule has 1 aliphatic heterocycles. The summed E-state index contributed by atoms with van der Waals surface area (Å²) in [6.07, 6.45) is 3.22. The normalized spacial score (nSPS) is 16.7. The van der Waals surface area contributed by atoms with Crippen LogP contribution in [0.4, 0.5) is 5.69 Å². The molecule has 3 aromatic carbocycles. The molecule has 0 saturated carbocycles. The number of nitrogens with zero attached hydrogens (tertiary/aromatic N) is 2. The summed E-state index contributed by atoms with van der Waals surface area (Å²) in [4.78, 5) is 32.2. The standard InChI is InChI=1S/C30H23BrN2O4/c1-19-16-21(9-14-25(19)31)28(34)26-27(22-8-5-15-32-17-22)33(30(36)29(26)35)23-10-12-24(13-11-23)37-18-20-6-3-2-4-7-20/h2-17,27,34H,18H2,1H3/b28-26-. The van der Waals surface area contributed by atoms with E-state index in [2.05, 4.69) is 20.9 Å². The topological polar surface area (TPSA) is 79.7 Å². The number of ketones is 1. The van der Waals surface area contributed by atoms with E-state index in [1.165, 1.54) is 4.90 Å². The minimum absolute atomic E-state index is 0.0177. The van der Waals surface area contributed by atoms with E-state index in [1.54, 1.807) is 67.0 Å². The summed E-state index contributed by atoms with van der Waals surface area (Å²) >= 11 is 3.46. The number of amides is 1. The number of aliphatic hydroxyl groups is 1. The average molecular weight is 555 g/mol. The van der Waals surface area contributed by atoms with E-state index in [0.29, 0.717) is 29.2 Å². The third-order valence-corrected chi connectivity index (χ3v) is 7.13. The Labute approximate surface area is 223 Å². The van der Waals surface area contributed by atoms with Crippen molar-refractivity contribution in [3.8, 4) is 5.75 Å². The molecule has 1 N–H and O–H groups in total. The monoisotopic (exact) mass is 554 g/mol. The van der Waals surface area contributed by atoms with Gasteiger partial charge in [-0.05, 0) is 66.1 Å². The Balaban J connectivity index is 1.53. The molecular weight excluding hydrogens is 532 g/mol. The first-order chi connectivity index (χ1) is 17.9. The zero-order valence-electron chi connectivity index (χ0n) is 20.0. The summed E-state index contributed by atoms with van der Waals surface area (Å²) in [5.41, 5.74) is 3.52. The van der Waals surface area contributed by atoms with Gasteiger partial charge in [-0.2, -0.15) is 0 Å². The van der Waals surface area contributed by atoms with Gasteiger partial charge < -0.3 is 9.84 Å². The molecule has 0 aliphatic carbocycles. The first-order valence-electron chi connectivity index (χ1n) is 11.7. The quantitative estimate of drug-likeness (QED) is 0.170. The number of carbonyl (C=O) groups is 2. The second-order valence-electron chi connectivity index (χ2n) is 8.69. The molecule has 1 saturated heterocycles. The fourth-order valence-corrected chi connectivity index (χ4v) is 4.59. The number of rotatable bonds is 6. The largest absolute Gasteiger partial charge is 0.507 e. The lowest BCUT2D eigenvalue weighted by Crippen LogP contribution is -2.29. The van der Waals surface area contributed by atoms with Crippen molar-refractivity contribution in [3.63, 3.8) is 0 Å². The number of benzene rings is 3. The van der Waals surface area contributed by atoms with Crippen LogP contribution in [0.5, 0.6) is 5.75 Å². The Bertz CT molecular complexity index is 1490. The Morgan fingerprint density at radius 1 is 1.00 bits per heavy atom. The lowest BCUT2D eigenvalue weighted by atomic mass is 9.95. The second-order valence-corrected chi connectivity index (χ2v) is 9.54. The van der Waals surface area contributed by atoms with Crippen LogP contribution >= 0.6 is 15.9 Å². The second kappa shape index (κ2) is 10.4. The van der Waals surface area contributed by atoms with Crippen molar-refractivity contribution < 1.29 is 19.4 Å². The van der Waals surface area contributed by atoms with Crippen LogP contribution in [0.1, 0.15) is 28.3 Å². The molecule has 1 aromatic heterocycles. The third-order valence-electron chi connectivity index (χ3n) is 6.24. The van der Waals surface area contributed by atoms with E-state index >= 15 is 0 Å². The van der Waals surface area contributed by atoms with Gasteiger partial charge >= 0.3 is 0 Å². The molecule has 2 heterocycles. The molecular formula is C30H23BrN2O4. The SMILES string of the molecule is Cc1cc(/C(O)=C2/C(=O)C(=O)N(c3ccc(OCc4ccccc4)cc3)C2c2cccnc2)ccc1Br. The number of anilines is 1. The molecule has 4 aromatic rings. The summed E-state index contributed by atoms with van der Waals surface area (Å²) in [7, 11) is 0. The maximum atomic E-state index is 13.3. The Kier molecular flexibility index (Phi) is 6.88. The molecule has 184 valence electrons. The zero-order chi connectivity index (χ0) is 25.9. The summed E-state index contributed by atoms with van der Waals surface area (Å²) in [6.45, 7) is 2.30. The van der Waals surface area contributed by atoms with Crippen LogP contribution in [-0.2, 0) is 16.2 Å². The molecule has 5 rings (SSSR count). The van der Waals surface area contributed by atoms with Gasteiger partial charge in [-0.3, -0.25) is 19.5 Å². The lowest BCUT2D eigenvalue weighted by Gasteiger charge is -2.25. The van der Waals surface area contributed by atoms with Crippen LogP contribution < -0.4 is 9.64 Å². The molecule has 1 amide bonds. The number of pyridine rings is 1. The van der Waals surface area contributed by atoms with Gasteiger partial charge in [0.2, 0.25) is 0 Å². The van der Waals surface area contributed by atoms with Crippen molar-refractivity contribution >= 4 is 39.1 Å². The number of carbonyl (C=O) groups excluding carboxylic acids is 2. The smallest absolute Gasteiger partial charge is 0.300 e. The number of Topliss-reactive ketones (excluding diaryl/α,β-unsaturated/α-hetero) is 1. The van der Waals surface area contributed by atoms with E-state index in [9.17, 15) is 14.7 Å². The van der Waals surface area contributed by atoms with Gasteiger partial charge in [0.05, 0.1) is 11.6 Å². The predicted octanol–water partition coefficient (Wildman–Crippen LogP) is 6.36. The van der Waals surface area contributed by atoms with Crippen molar-refractivity contribution in [1.82, 2.24) is 4.98 Å². The average Bonchev–Trinajstić information content (AvgIpc) is 3.20. The highest BCUT2D eigenvalue weighted by Gasteiger charge is 2.47. The fourth-order valence-electron chi connectivity index (χ4n) is 4.34. The van der Waals surface area contributed by atoms with Gasteiger partial charge in [0.25, 0.3) is 11.7 Å². The molecule has 1 aliphatic rings. The van der Waals surface area contributed by atoms with Crippen molar-refractivity contribution in [2.75, 3.05) is 4.90 Å². The summed E-state index contributed by atoms with van der Waals surface area (Å²) in [5.74, 6) is -1.07. The van der Waals surface area contributed by atoms with Gasteiger partial charge in [-0.15, -0.1) is 0 Å². The highest BCUT2D eigenvalue weighted by atomic mass is 79.9. The lowest BCUT2D eigenvalue weighted by molar-refractivity contribution is -0.132. The highest BCUT2D eigenvalue weighted by Crippen LogP contribution is 2.42. The van der Waals surface area contributed by atoms with Gasteiger partial charge in [-0.25, -0.2) is 0 Å². The number of hydrogen-bond donors (Lipinski definition) is 1. The summed E-state index contributed by atoms with van der Waals surface area (Å²) in [6, 6.07) is 24.8. The highest BCUT2D eigenvalue weighted by molar-refractivity contribution is 9.10. The predicted molar refractivity (Wildman–Crippen MR) is 145 cm³/mol.